The number of ether oxygens (including phenoxy) is 1. The summed E-state index contributed by atoms with van der Waals surface area (Å²) in [5.41, 5.74) is 2.53. The van der Waals surface area contributed by atoms with E-state index in [1.165, 1.54) is 11.1 Å². The molecule has 1 N–H and O–H groups in total. The Labute approximate surface area is 103 Å². The number of aryl methyl sites for hydroxylation is 1. The van der Waals surface area contributed by atoms with Crippen molar-refractivity contribution >= 4 is 12.6 Å². The fraction of sp³-hybridized carbons (Fsp3) is 0.538. The van der Waals surface area contributed by atoms with Crippen molar-refractivity contribution in [1.29, 1.82) is 0 Å². The zero-order valence-electron chi connectivity index (χ0n) is 9.65. The van der Waals surface area contributed by atoms with Crippen LogP contribution in [-0.2, 0) is 11.3 Å². The van der Waals surface area contributed by atoms with E-state index in [-0.39, 0.29) is 0 Å². The van der Waals surface area contributed by atoms with Gasteiger partial charge in [-0.25, -0.2) is 0 Å². The van der Waals surface area contributed by atoms with Gasteiger partial charge >= 0.3 is 0 Å². The molecule has 3 heteroatoms. The molecule has 0 radical (unpaired) electrons. The lowest BCUT2D eigenvalue weighted by molar-refractivity contribution is 0.103. The molecule has 0 amide bonds. The summed E-state index contributed by atoms with van der Waals surface area (Å²) < 4.78 is 5.70. The summed E-state index contributed by atoms with van der Waals surface area (Å²) in [6.45, 7) is 4.59. The maximum absolute atomic E-state index is 5.70. The summed E-state index contributed by atoms with van der Waals surface area (Å²) in [7, 11) is 0. The molecule has 1 fully saturated rings. The van der Waals surface area contributed by atoms with Gasteiger partial charge in [0.05, 0.1) is 13.2 Å². The van der Waals surface area contributed by atoms with Crippen molar-refractivity contribution in [3.63, 3.8) is 0 Å². The Bertz CT molecular complexity index is 325. The first kappa shape index (κ1) is 12.0. The van der Waals surface area contributed by atoms with Crippen molar-refractivity contribution in [2.45, 2.75) is 31.2 Å². The maximum Gasteiger partial charge on any atom is 0.0717 e. The minimum absolute atomic E-state index is 0.480. The summed E-state index contributed by atoms with van der Waals surface area (Å²) in [5, 5.41) is 3.89. The van der Waals surface area contributed by atoms with Gasteiger partial charge in [0.15, 0.2) is 0 Å². The third kappa shape index (κ3) is 3.51. The lowest BCUT2D eigenvalue weighted by atomic mass is 10.2. The average Bonchev–Trinajstić information content (AvgIpc) is 2.67. The van der Waals surface area contributed by atoms with Crippen LogP contribution in [0.3, 0.4) is 0 Å². The highest BCUT2D eigenvalue weighted by molar-refractivity contribution is 7.81. The predicted octanol–water partition coefficient (Wildman–Crippen LogP) is 2.17. The number of benzene rings is 1. The molecule has 1 aromatic carbocycles. The zero-order valence-corrected chi connectivity index (χ0v) is 10.5. The number of rotatable bonds is 4. The van der Waals surface area contributed by atoms with Gasteiger partial charge in [-0.05, 0) is 18.9 Å². The van der Waals surface area contributed by atoms with Crippen LogP contribution in [0, 0.1) is 6.92 Å². The second-order valence-electron chi connectivity index (χ2n) is 4.50. The van der Waals surface area contributed by atoms with Crippen LogP contribution in [0.2, 0.25) is 0 Å². The first-order valence-corrected chi connectivity index (χ1v) is 6.30. The molecule has 2 nitrogen and oxygen atoms in total. The van der Waals surface area contributed by atoms with E-state index in [9.17, 15) is 0 Å². The van der Waals surface area contributed by atoms with E-state index >= 15 is 0 Å². The molecule has 0 saturated carbocycles. The Balaban J connectivity index is 1.70. The Morgan fingerprint density at radius 2 is 2.12 bits per heavy atom. The second-order valence-corrected chi connectivity index (χ2v) is 5.23. The van der Waals surface area contributed by atoms with Gasteiger partial charge in [0.2, 0.25) is 0 Å². The van der Waals surface area contributed by atoms with Crippen molar-refractivity contribution < 1.29 is 4.74 Å². The molecule has 2 rings (SSSR count). The van der Waals surface area contributed by atoms with Crippen LogP contribution >= 0.6 is 12.6 Å². The molecule has 0 aromatic heterocycles. The molecule has 1 aliphatic heterocycles. The van der Waals surface area contributed by atoms with E-state index in [1.807, 2.05) is 0 Å². The van der Waals surface area contributed by atoms with E-state index < -0.39 is 0 Å². The van der Waals surface area contributed by atoms with E-state index in [1.54, 1.807) is 0 Å². The van der Waals surface area contributed by atoms with Gasteiger partial charge in [-0.1, -0.05) is 29.8 Å². The van der Waals surface area contributed by atoms with Gasteiger partial charge in [0, 0.05) is 17.8 Å². The van der Waals surface area contributed by atoms with Crippen LogP contribution in [0.4, 0.5) is 0 Å². The second kappa shape index (κ2) is 5.71. The standard InChI is InChI=1S/C13H19NOS/c1-10-2-4-11(5-3-10)8-15-9-12-6-13(16)7-14-12/h2-5,12-14,16H,6-9H2,1H3. The SMILES string of the molecule is Cc1ccc(COCC2CC(S)CN2)cc1. The van der Waals surface area contributed by atoms with E-state index in [0.717, 1.165) is 19.6 Å². The van der Waals surface area contributed by atoms with E-state index in [0.29, 0.717) is 17.9 Å². The number of nitrogens with one attached hydrogen (secondary N) is 1. The van der Waals surface area contributed by atoms with Crippen LogP contribution < -0.4 is 5.32 Å². The van der Waals surface area contributed by atoms with E-state index in [4.69, 9.17) is 4.74 Å². The topological polar surface area (TPSA) is 21.3 Å². The number of hydrogen-bond donors (Lipinski definition) is 2. The van der Waals surface area contributed by atoms with Crippen molar-refractivity contribution in [3.8, 4) is 0 Å². The van der Waals surface area contributed by atoms with Crippen LogP contribution in [0.5, 0.6) is 0 Å². The first-order valence-electron chi connectivity index (χ1n) is 5.79. The molecule has 16 heavy (non-hydrogen) atoms. The molecule has 1 heterocycles. The number of hydrogen-bond acceptors (Lipinski definition) is 3. The highest BCUT2D eigenvalue weighted by Gasteiger charge is 2.20. The van der Waals surface area contributed by atoms with Gasteiger partial charge in [-0.2, -0.15) is 12.6 Å². The third-order valence-corrected chi connectivity index (χ3v) is 3.30. The molecule has 88 valence electrons. The van der Waals surface area contributed by atoms with Gasteiger partial charge < -0.3 is 10.1 Å². The molecule has 1 aliphatic rings. The molecule has 1 aromatic rings. The fourth-order valence-corrected chi connectivity index (χ4v) is 2.29. The Hall–Kier alpha value is -0.510. The smallest absolute Gasteiger partial charge is 0.0717 e. The van der Waals surface area contributed by atoms with Crippen LogP contribution in [0.25, 0.3) is 0 Å². The average molecular weight is 237 g/mol. The quantitative estimate of drug-likeness (QED) is 0.783. The minimum Gasteiger partial charge on any atom is -0.375 e. The monoisotopic (exact) mass is 237 g/mol. The van der Waals surface area contributed by atoms with Crippen LogP contribution in [-0.4, -0.2) is 24.4 Å². The first-order chi connectivity index (χ1) is 7.74. The molecule has 0 aliphatic carbocycles. The van der Waals surface area contributed by atoms with Gasteiger partial charge in [-0.3, -0.25) is 0 Å². The molecule has 0 bridgehead atoms. The third-order valence-electron chi connectivity index (χ3n) is 2.91. The molecule has 1 saturated heterocycles. The van der Waals surface area contributed by atoms with Crippen LogP contribution in [0.1, 0.15) is 17.5 Å². The summed E-state index contributed by atoms with van der Waals surface area (Å²) in [6, 6.07) is 8.97. The summed E-state index contributed by atoms with van der Waals surface area (Å²) in [5.74, 6) is 0. The molecular weight excluding hydrogens is 218 g/mol. The van der Waals surface area contributed by atoms with Crippen molar-refractivity contribution in [2.24, 2.45) is 0 Å². The molecular formula is C13H19NOS. The van der Waals surface area contributed by atoms with Crippen LogP contribution in [0.15, 0.2) is 24.3 Å². The lowest BCUT2D eigenvalue weighted by Crippen LogP contribution is -2.26. The summed E-state index contributed by atoms with van der Waals surface area (Å²) in [6.07, 6.45) is 1.11. The predicted molar refractivity (Wildman–Crippen MR) is 70.0 cm³/mol. The Kier molecular flexibility index (Phi) is 4.27. The summed E-state index contributed by atoms with van der Waals surface area (Å²) in [4.78, 5) is 0. The Morgan fingerprint density at radius 3 is 2.75 bits per heavy atom. The number of thiol groups is 1. The highest BCUT2D eigenvalue weighted by atomic mass is 32.1. The fourth-order valence-electron chi connectivity index (χ4n) is 1.93. The van der Waals surface area contributed by atoms with Gasteiger partial charge in [0.25, 0.3) is 0 Å². The zero-order chi connectivity index (χ0) is 11.4. The Morgan fingerprint density at radius 1 is 1.38 bits per heavy atom. The van der Waals surface area contributed by atoms with Crippen molar-refractivity contribution in [2.75, 3.05) is 13.2 Å². The molecule has 0 spiro atoms. The van der Waals surface area contributed by atoms with Gasteiger partial charge in [0.1, 0.15) is 0 Å². The largest absolute Gasteiger partial charge is 0.375 e. The molecule has 2 atom stereocenters. The van der Waals surface area contributed by atoms with Crippen molar-refractivity contribution in [3.05, 3.63) is 35.4 Å². The minimum atomic E-state index is 0.480. The van der Waals surface area contributed by atoms with Crippen molar-refractivity contribution in [1.82, 2.24) is 5.32 Å². The van der Waals surface area contributed by atoms with E-state index in [2.05, 4.69) is 49.1 Å². The normalized spacial score (nSPS) is 24.9. The highest BCUT2D eigenvalue weighted by Crippen LogP contribution is 2.13. The molecule has 2 unspecified atom stereocenters. The van der Waals surface area contributed by atoms with Gasteiger partial charge in [-0.15, -0.1) is 0 Å². The maximum atomic E-state index is 5.70. The lowest BCUT2D eigenvalue weighted by Gasteiger charge is -2.10. The summed E-state index contributed by atoms with van der Waals surface area (Å²) >= 11 is 4.44.